The summed E-state index contributed by atoms with van der Waals surface area (Å²) in [5, 5.41) is 29.0. The summed E-state index contributed by atoms with van der Waals surface area (Å²) in [7, 11) is 0. The molecule has 108 valence electrons. The standard InChI is InChI=1S/C11H11FN2O6/c1-2-11(19)7(16)6(4-15)20-9(11)14-3-5(12)8(17)13-10(14)18/h1,3,6-7,9,15-16,19H,4H2,(H,13,17,18)/t6-,7-,9-,11-/m1/s1. The van der Waals surface area contributed by atoms with Crippen LogP contribution in [0.4, 0.5) is 4.39 Å². The minimum absolute atomic E-state index is 0.501. The predicted octanol–water partition coefficient (Wildman–Crippen LogP) is -2.71. The second-order valence-corrected chi connectivity index (χ2v) is 4.27. The molecule has 1 aliphatic heterocycles. The van der Waals surface area contributed by atoms with E-state index in [1.165, 1.54) is 0 Å². The second-order valence-electron chi connectivity index (χ2n) is 4.27. The van der Waals surface area contributed by atoms with Crippen molar-refractivity contribution < 1.29 is 24.4 Å². The predicted molar refractivity (Wildman–Crippen MR) is 62.1 cm³/mol. The summed E-state index contributed by atoms with van der Waals surface area (Å²) in [6.45, 7) is -0.678. The maximum atomic E-state index is 13.2. The highest BCUT2D eigenvalue weighted by Gasteiger charge is 2.55. The van der Waals surface area contributed by atoms with Crippen molar-refractivity contribution in [2.24, 2.45) is 0 Å². The zero-order valence-electron chi connectivity index (χ0n) is 9.99. The Kier molecular flexibility index (Phi) is 3.49. The first-order valence-corrected chi connectivity index (χ1v) is 5.50. The molecule has 0 aliphatic carbocycles. The molecule has 1 fully saturated rings. The molecule has 0 amide bonds. The Morgan fingerprint density at radius 3 is 2.80 bits per heavy atom. The highest BCUT2D eigenvalue weighted by Crippen LogP contribution is 2.37. The number of nitrogens with one attached hydrogen (secondary N) is 1. The van der Waals surface area contributed by atoms with Crippen molar-refractivity contribution in [2.75, 3.05) is 6.61 Å². The van der Waals surface area contributed by atoms with Gasteiger partial charge in [-0.25, -0.2) is 4.79 Å². The van der Waals surface area contributed by atoms with Crippen LogP contribution in [0.15, 0.2) is 15.8 Å². The van der Waals surface area contributed by atoms with Gasteiger partial charge in [0, 0.05) is 0 Å². The van der Waals surface area contributed by atoms with Crippen LogP contribution in [0.1, 0.15) is 6.23 Å². The number of terminal acetylenes is 1. The molecule has 0 bridgehead atoms. The van der Waals surface area contributed by atoms with E-state index in [0.717, 1.165) is 0 Å². The smallest absolute Gasteiger partial charge is 0.330 e. The third-order valence-electron chi connectivity index (χ3n) is 3.07. The first-order chi connectivity index (χ1) is 9.35. The van der Waals surface area contributed by atoms with E-state index in [2.05, 4.69) is 0 Å². The summed E-state index contributed by atoms with van der Waals surface area (Å²) in [6.07, 6.45) is 1.01. The van der Waals surface area contributed by atoms with Crippen LogP contribution in [-0.4, -0.2) is 49.3 Å². The van der Waals surface area contributed by atoms with Crippen LogP contribution in [0, 0.1) is 18.2 Å². The number of hydrogen-bond donors (Lipinski definition) is 4. The molecular weight excluding hydrogens is 275 g/mol. The number of nitrogens with zero attached hydrogens (tertiary/aromatic N) is 1. The lowest BCUT2D eigenvalue weighted by Crippen LogP contribution is -2.48. The van der Waals surface area contributed by atoms with Gasteiger partial charge in [-0.2, -0.15) is 4.39 Å². The molecule has 0 unspecified atom stereocenters. The molecule has 8 nitrogen and oxygen atoms in total. The van der Waals surface area contributed by atoms with E-state index in [4.69, 9.17) is 16.3 Å². The number of aromatic nitrogens is 2. The number of aliphatic hydroxyl groups is 3. The molecule has 0 spiro atoms. The van der Waals surface area contributed by atoms with Crippen LogP contribution in [0.5, 0.6) is 0 Å². The molecule has 20 heavy (non-hydrogen) atoms. The molecular formula is C11H11FN2O6. The summed E-state index contributed by atoms with van der Waals surface area (Å²) in [6, 6.07) is 0. The minimum Gasteiger partial charge on any atom is -0.394 e. The van der Waals surface area contributed by atoms with Gasteiger partial charge in [-0.15, -0.1) is 6.42 Å². The summed E-state index contributed by atoms with van der Waals surface area (Å²) in [5.74, 6) is 0.563. The number of halogens is 1. The van der Waals surface area contributed by atoms with E-state index in [-0.39, 0.29) is 0 Å². The van der Waals surface area contributed by atoms with Crippen LogP contribution in [0.25, 0.3) is 0 Å². The van der Waals surface area contributed by atoms with Crippen molar-refractivity contribution in [3.8, 4) is 12.3 Å². The minimum atomic E-state index is -2.36. The molecule has 0 radical (unpaired) electrons. The molecule has 0 aromatic carbocycles. The first kappa shape index (κ1) is 14.4. The number of aliphatic hydroxyl groups excluding tert-OH is 2. The van der Waals surface area contributed by atoms with E-state index in [0.29, 0.717) is 10.8 Å². The number of rotatable bonds is 2. The largest absolute Gasteiger partial charge is 0.394 e. The Labute approximate surface area is 111 Å². The zero-order valence-corrected chi connectivity index (χ0v) is 9.99. The Balaban J connectivity index is 2.58. The lowest BCUT2D eigenvalue weighted by molar-refractivity contribution is -0.0769. The van der Waals surface area contributed by atoms with Crippen LogP contribution in [0.2, 0.25) is 0 Å². The molecule has 2 rings (SSSR count). The SMILES string of the molecule is C#C[C@@]1(O)[C@H](O)[C@@H](CO)O[C@H]1n1cc(F)c(=O)[nH]c1=O. The van der Waals surface area contributed by atoms with Gasteiger partial charge >= 0.3 is 5.69 Å². The molecule has 9 heteroatoms. The van der Waals surface area contributed by atoms with E-state index in [1.54, 1.807) is 4.98 Å². The highest BCUT2D eigenvalue weighted by molar-refractivity contribution is 5.19. The van der Waals surface area contributed by atoms with Crippen molar-refractivity contribution in [2.45, 2.75) is 24.0 Å². The lowest BCUT2D eigenvalue weighted by atomic mass is 9.95. The normalized spacial score (nSPS) is 33.0. The molecule has 1 aliphatic rings. The molecule has 1 aromatic heterocycles. The van der Waals surface area contributed by atoms with Gasteiger partial charge in [0.1, 0.15) is 12.2 Å². The van der Waals surface area contributed by atoms with Gasteiger partial charge < -0.3 is 20.1 Å². The Hall–Kier alpha value is -1.99. The molecule has 1 aromatic rings. The summed E-state index contributed by atoms with van der Waals surface area (Å²) in [5.41, 5.74) is -4.68. The molecule has 0 saturated carbocycles. The van der Waals surface area contributed by atoms with Gasteiger partial charge in [-0.1, -0.05) is 5.92 Å². The Morgan fingerprint density at radius 1 is 1.60 bits per heavy atom. The monoisotopic (exact) mass is 286 g/mol. The van der Waals surface area contributed by atoms with E-state index in [1.807, 2.05) is 5.92 Å². The number of ether oxygens (including phenoxy) is 1. The second kappa shape index (κ2) is 4.84. The van der Waals surface area contributed by atoms with E-state index < -0.39 is 47.7 Å². The van der Waals surface area contributed by atoms with Crippen LogP contribution in [0.3, 0.4) is 0 Å². The summed E-state index contributed by atoms with van der Waals surface area (Å²) < 4.78 is 18.8. The third kappa shape index (κ3) is 1.95. The van der Waals surface area contributed by atoms with E-state index in [9.17, 15) is 24.2 Å². The van der Waals surface area contributed by atoms with Crippen molar-refractivity contribution >= 4 is 0 Å². The maximum absolute atomic E-state index is 13.2. The molecule has 2 heterocycles. The summed E-state index contributed by atoms with van der Waals surface area (Å²) in [4.78, 5) is 24.2. The third-order valence-corrected chi connectivity index (χ3v) is 3.07. The topological polar surface area (TPSA) is 125 Å². The fraction of sp³-hybridized carbons (Fsp3) is 0.455. The Morgan fingerprint density at radius 2 is 2.25 bits per heavy atom. The van der Waals surface area contributed by atoms with Crippen LogP contribution < -0.4 is 11.2 Å². The van der Waals surface area contributed by atoms with Gasteiger partial charge in [0.2, 0.25) is 5.82 Å². The average Bonchev–Trinajstić information content (AvgIpc) is 2.67. The quantitative estimate of drug-likeness (QED) is 0.438. The first-order valence-electron chi connectivity index (χ1n) is 5.50. The number of aromatic amines is 1. The zero-order chi connectivity index (χ0) is 15.1. The van der Waals surface area contributed by atoms with E-state index >= 15 is 0 Å². The van der Waals surface area contributed by atoms with Gasteiger partial charge in [-0.05, 0) is 0 Å². The van der Waals surface area contributed by atoms with Crippen molar-refractivity contribution in [3.63, 3.8) is 0 Å². The van der Waals surface area contributed by atoms with Gasteiger partial charge in [0.15, 0.2) is 11.8 Å². The molecule has 1 saturated heterocycles. The fourth-order valence-electron chi connectivity index (χ4n) is 1.99. The van der Waals surface area contributed by atoms with Crippen molar-refractivity contribution in [3.05, 3.63) is 32.9 Å². The van der Waals surface area contributed by atoms with Gasteiger partial charge in [0.25, 0.3) is 5.56 Å². The van der Waals surface area contributed by atoms with Crippen molar-refractivity contribution in [1.82, 2.24) is 9.55 Å². The van der Waals surface area contributed by atoms with Gasteiger partial charge in [-0.3, -0.25) is 14.3 Å². The van der Waals surface area contributed by atoms with Crippen LogP contribution >= 0.6 is 0 Å². The molecule has 4 N–H and O–H groups in total. The summed E-state index contributed by atoms with van der Waals surface area (Å²) >= 11 is 0. The number of H-pyrrole nitrogens is 1. The van der Waals surface area contributed by atoms with Gasteiger partial charge in [0.05, 0.1) is 12.8 Å². The maximum Gasteiger partial charge on any atom is 0.330 e. The Bertz CT molecular complexity index is 677. The average molecular weight is 286 g/mol. The lowest BCUT2D eigenvalue weighted by Gasteiger charge is -2.26. The fourth-order valence-corrected chi connectivity index (χ4v) is 1.99. The molecule has 4 atom stereocenters. The highest BCUT2D eigenvalue weighted by atomic mass is 19.1. The van der Waals surface area contributed by atoms with Crippen molar-refractivity contribution in [1.29, 1.82) is 0 Å². The number of hydrogen-bond acceptors (Lipinski definition) is 6. The van der Waals surface area contributed by atoms with Crippen LogP contribution in [-0.2, 0) is 4.74 Å².